The number of allylic oxidation sites excluding steroid dienone is 9. The number of benzene rings is 1. The minimum absolute atomic E-state index is 0.0557. The Morgan fingerprint density at radius 3 is 2.71 bits per heavy atom. The van der Waals surface area contributed by atoms with Gasteiger partial charge in [0.05, 0.1) is 0 Å². The highest BCUT2D eigenvalue weighted by atomic mass is 16.1. The highest BCUT2D eigenvalue weighted by molar-refractivity contribution is 5.95. The number of rotatable bonds is 5. The maximum absolute atomic E-state index is 12.9. The van der Waals surface area contributed by atoms with Crippen molar-refractivity contribution in [1.29, 1.82) is 0 Å². The van der Waals surface area contributed by atoms with Crippen LogP contribution in [0, 0.1) is 0 Å². The second-order valence-corrected chi connectivity index (χ2v) is 10.6. The zero-order chi connectivity index (χ0) is 24.3. The summed E-state index contributed by atoms with van der Waals surface area (Å²) in [5.74, 6) is 0.817. The molecule has 3 aliphatic carbocycles. The molecular formula is C32H38N2O. The lowest BCUT2D eigenvalue weighted by atomic mass is 9.65. The fourth-order valence-corrected chi connectivity index (χ4v) is 6.23. The zero-order valence-electron chi connectivity index (χ0n) is 21.1. The number of nitrogens with one attached hydrogen (secondary N) is 1. The van der Waals surface area contributed by atoms with Gasteiger partial charge in [0, 0.05) is 24.1 Å². The molecule has 4 aliphatic rings. The fraction of sp³-hybridized carbons (Fsp3) is 0.406. The van der Waals surface area contributed by atoms with Crippen LogP contribution in [0.1, 0.15) is 75.8 Å². The van der Waals surface area contributed by atoms with Gasteiger partial charge in [-0.1, -0.05) is 72.9 Å². The van der Waals surface area contributed by atoms with Crippen LogP contribution in [0.3, 0.4) is 0 Å². The molecule has 0 bridgehead atoms. The number of likely N-dealkylation sites (tertiary alicyclic amines) is 1. The van der Waals surface area contributed by atoms with Crippen LogP contribution in [0.15, 0.2) is 89.8 Å². The third kappa shape index (κ3) is 5.00. The predicted molar refractivity (Wildman–Crippen MR) is 146 cm³/mol. The van der Waals surface area contributed by atoms with Crippen LogP contribution in [-0.4, -0.2) is 23.9 Å². The first-order valence-corrected chi connectivity index (χ1v) is 13.3. The summed E-state index contributed by atoms with van der Waals surface area (Å²) in [6.07, 6.45) is 23.1. The average molecular weight is 467 g/mol. The van der Waals surface area contributed by atoms with Gasteiger partial charge in [-0.15, -0.1) is 0 Å². The van der Waals surface area contributed by atoms with Crippen molar-refractivity contribution in [3.8, 4) is 0 Å². The first-order chi connectivity index (χ1) is 17.1. The lowest BCUT2D eigenvalue weighted by molar-refractivity contribution is -0.117. The Morgan fingerprint density at radius 2 is 1.89 bits per heavy atom. The molecule has 1 heterocycles. The number of amides is 1. The smallest absolute Gasteiger partial charge is 0.252 e. The maximum atomic E-state index is 12.9. The van der Waals surface area contributed by atoms with Crippen molar-refractivity contribution in [2.75, 3.05) is 13.1 Å². The highest BCUT2D eigenvalue weighted by Crippen LogP contribution is 2.47. The molecule has 3 nitrogen and oxygen atoms in total. The average Bonchev–Trinajstić information content (AvgIpc) is 3.15. The van der Waals surface area contributed by atoms with Crippen LogP contribution < -0.4 is 5.32 Å². The molecule has 0 atom stereocenters. The van der Waals surface area contributed by atoms with Crippen molar-refractivity contribution >= 4 is 11.5 Å². The van der Waals surface area contributed by atoms with Gasteiger partial charge in [0.1, 0.15) is 5.82 Å². The highest BCUT2D eigenvalue weighted by Gasteiger charge is 2.39. The van der Waals surface area contributed by atoms with Gasteiger partial charge < -0.3 is 10.2 Å². The molecule has 0 unspecified atom stereocenters. The Balaban J connectivity index is 1.26. The van der Waals surface area contributed by atoms with E-state index in [4.69, 9.17) is 0 Å². The topological polar surface area (TPSA) is 32.3 Å². The molecule has 3 heteroatoms. The zero-order valence-corrected chi connectivity index (χ0v) is 21.1. The molecule has 1 aromatic rings. The van der Waals surface area contributed by atoms with Gasteiger partial charge in [0.25, 0.3) is 5.91 Å². The van der Waals surface area contributed by atoms with E-state index in [9.17, 15) is 4.79 Å². The number of hydrogen-bond acceptors (Lipinski definition) is 2. The minimum Gasteiger partial charge on any atom is -0.359 e. The third-order valence-corrected chi connectivity index (χ3v) is 8.43. The number of fused-ring (bicyclic) bond motifs is 2. The lowest BCUT2D eigenvalue weighted by Gasteiger charge is -2.46. The van der Waals surface area contributed by atoms with Crippen LogP contribution >= 0.6 is 0 Å². The van der Waals surface area contributed by atoms with Crippen molar-refractivity contribution in [1.82, 2.24) is 10.2 Å². The van der Waals surface area contributed by atoms with E-state index in [2.05, 4.69) is 84.4 Å². The molecule has 5 rings (SSSR count). The van der Waals surface area contributed by atoms with Crippen LogP contribution in [0.2, 0.25) is 0 Å². The van der Waals surface area contributed by atoms with Gasteiger partial charge in [-0.2, -0.15) is 0 Å². The SMILES string of the molecule is C=C(NC(=O)C1=C(C)CCCC1)N1CCC2(CC=C(CC3=CCC=CC=C3)c3ccccc32)CC1. The number of hydrogen-bond donors (Lipinski definition) is 1. The Kier molecular flexibility index (Phi) is 6.95. The summed E-state index contributed by atoms with van der Waals surface area (Å²) < 4.78 is 0. The van der Waals surface area contributed by atoms with Crippen molar-refractivity contribution in [2.24, 2.45) is 0 Å². The van der Waals surface area contributed by atoms with Crippen LogP contribution in [0.25, 0.3) is 5.57 Å². The largest absolute Gasteiger partial charge is 0.359 e. The Morgan fingerprint density at radius 1 is 1.09 bits per heavy atom. The molecule has 1 saturated heterocycles. The Bertz CT molecular complexity index is 1150. The van der Waals surface area contributed by atoms with E-state index in [0.29, 0.717) is 0 Å². The van der Waals surface area contributed by atoms with Gasteiger partial charge >= 0.3 is 0 Å². The summed E-state index contributed by atoms with van der Waals surface area (Å²) in [5.41, 5.74) is 8.18. The number of piperidine rings is 1. The van der Waals surface area contributed by atoms with Gasteiger partial charge in [-0.05, 0) is 87.0 Å². The van der Waals surface area contributed by atoms with E-state index in [1.165, 1.54) is 34.3 Å². The molecule has 1 aliphatic heterocycles. The second-order valence-electron chi connectivity index (χ2n) is 10.6. The number of carbonyl (C=O) groups excluding carboxylic acids is 1. The molecule has 1 N–H and O–H groups in total. The predicted octanol–water partition coefficient (Wildman–Crippen LogP) is 7.12. The fourth-order valence-electron chi connectivity index (χ4n) is 6.23. The Labute approximate surface area is 210 Å². The lowest BCUT2D eigenvalue weighted by Crippen LogP contribution is -2.46. The standard InChI is InChI=1S/C32H38N2O/c1-24-11-7-8-14-28(24)31(35)33-25(2)34-21-19-32(20-22-34)18-17-27(29-15-9-10-16-30(29)32)23-26-12-5-3-4-6-13-26/h3-5,9-10,12-13,15-17H,2,6-8,11,14,18-23H2,1H3,(H,33,35). The van der Waals surface area contributed by atoms with E-state index in [1.54, 1.807) is 0 Å². The Hall–Kier alpha value is -3.07. The molecule has 35 heavy (non-hydrogen) atoms. The number of nitrogens with zero attached hydrogens (tertiary/aromatic N) is 1. The molecular weight excluding hydrogens is 428 g/mol. The summed E-state index contributed by atoms with van der Waals surface area (Å²) in [6.45, 7) is 8.19. The van der Waals surface area contributed by atoms with Crippen molar-refractivity contribution in [2.45, 2.75) is 70.1 Å². The number of carbonyl (C=O) groups is 1. The van der Waals surface area contributed by atoms with Crippen LogP contribution in [-0.2, 0) is 10.2 Å². The molecule has 0 radical (unpaired) electrons. The molecule has 1 amide bonds. The van der Waals surface area contributed by atoms with E-state index < -0.39 is 0 Å². The minimum atomic E-state index is 0.0557. The molecule has 0 aromatic heterocycles. The van der Waals surface area contributed by atoms with Crippen LogP contribution in [0.4, 0.5) is 0 Å². The summed E-state index contributed by atoms with van der Waals surface area (Å²) in [5, 5.41) is 3.12. The quantitative estimate of drug-likeness (QED) is 0.501. The van der Waals surface area contributed by atoms with Gasteiger partial charge in [-0.25, -0.2) is 0 Å². The third-order valence-electron chi connectivity index (χ3n) is 8.43. The molecule has 1 spiro atoms. The summed E-state index contributed by atoms with van der Waals surface area (Å²) in [7, 11) is 0. The van der Waals surface area contributed by atoms with E-state index in [1.807, 2.05) is 0 Å². The molecule has 1 aromatic carbocycles. The van der Waals surface area contributed by atoms with E-state index >= 15 is 0 Å². The second kappa shape index (κ2) is 10.3. The van der Waals surface area contributed by atoms with Crippen molar-refractivity contribution < 1.29 is 4.79 Å². The molecule has 1 fully saturated rings. The van der Waals surface area contributed by atoms with Gasteiger partial charge in [0.2, 0.25) is 0 Å². The monoisotopic (exact) mass is 466 g/mol. The van der Waals surface area contributed by atoms with E-state index in [-0.39, 0.29) is 11.3 Å². The first-order valence-electron chi connectivity index (χ1n) is 13.3. The summed E-state index contributed by atoms with van der Waals surface area (Å²) in [4.78, 5) is 15.1. The van der Waals surface area contributed by atoms with Gasteiger partial charge in [-0.3, -0.25) is 4.79 Å². The maximum Gasteiger partial charge on any atom is 0.252 e. The molecule has 182 valence electrons. The van der Waals surface area contributed by atoms with Gasteiger partial charge in [0.15, 0.2) is 0 Å². The first kappa shape index (κ1) is 23.7. The molecule has 0 saturated carbocycles. The van der Waals surface area contributed by atoms with E-state index in [0.717, 1.165) is 75.9 Å². The summed E-state index contributed by atoms with van der Waals surface area (Å²) in [6, 6.07) is 9.04. The van der Waals surface area contributed by atoms with Crippen LogP contribution in [0.5, 0.6) is 0 Å². The summed E-state index contributed by atoms with van der Waals surface area (Å²) >= 11 is 0. The van der Waals surface area contributed by atoms with Crippen molar-refractivity contribution in [3.63, 3.8) is 0 Å². The normalized spacial score (nSPS) is 21.2. The van der Waals surface area contributed by atoms with Crippen molar-refractivity contribution in [3.05, 3.63) is 101 Å².